The van der Waals surface area contributed by atoms with E-state index in [1.807, 2.05) is 12.1 Å². The Hall–Kier alpha value is -2.83. The van der Waals surface area contributed by atoms with Crippen molar-refractivity contribution in [3.63, 3.8) is 0 Å². The molecule has 0 aliphatic carbocycles. The van der Waals surface area contributed by atoms with Crippen molar-refractivity contribution in [2.45, 2.75) is 6.42 Å². The molecule has 0 atom stereocenters. The Morgan fingerprint density at radius 3 is 2.68 bits per heavy atom. The zero-order valence-corrected chi connectivity index (χ0v) is 16.5. The van der Waals surface area contributed by atoms with Crippen LogP contribution in [0.1, 0.15) is 26.4 Å². The molecule has 2 aromatic carbocycles. The van der Waals surface area contributed by atoms with Gasteiger partial charge in [-0.25, -0.2) is 0 Å². The number of aromatic nitrogens is 2. The van der Waals surface area contributed by atoms with Crippen molar-refractivity contribution in [1.29, 1.82) is 0 Å². The summed E-state index contributed by atoms with van der Waals surface area (Å²) in [6.07, 6.45) is 2.44. The zero-order valence-electron chi connectivity index (χ0n) is 14.9. The third-order valence-corrected chi connectivity index (χ3v) is 5.15. The van der Waals surface area contributed by atoms with Crippen LogP contribution in [0.4, 0.5) is 11.4 Å². The van der Waals surface area contributed by atoms with Gasteiger partial charge in [-0.15, -0.1) is 0 Å². The van der Waals surface area contributed by atoms with Crippen molar-refractivity contribution in [3.8, 4) is 0 Å². The molecule has 3 aromatic rings. The molecule has 2 amide bonds. The summed E-state index contributed by atoms with van der Waals surface area (Å²) in [7, 11) is 1.77. The zero-order chi connectivity index (χ0) is 19.8. The largest absolute Gasteiger partial charge is 0.322 e. The number of amides is 2. The molecule has 1 aliphatic rings. The molecule has 6 nitrogen and oxygen atoms in total. The number of nitrogens with zero attached hydrogens (tertiary/aromatic N) is 3. The molecule has 0 bridgehead atoms. The highest BCUT2D eigenvalue weighted by molar-refractivity contribution is 6.36. The van der Waals surface area contributed by atoms with Gasteiger partial charge < -0.3 is 10.2 Å². The number of carbonyl (C=O) groups excluding carboxylic acids is 2. The number of carbonyl (C=O) groups is 2. The minimum atomic E-state index is -0.341. The van der Waals surface area contributed by atoms with E-state index >= 15 is 0 Å². The van der Waals surface area contributed by atoms with Gasteiger partial charge in [0, 0.05) is 36.2 Å². The third-order valence-electron chi connectivity index (χ3n) is 4.58. The fraction of sp³-hybridized carbons (Fsp3) is 0.150. The second-order valence-electron chi connectivity index (χ2n) is 6.50. The molecule has 0 spiro atoms. The summed E-state index contributed by atoms with van der Waals surface area (Å²) in [5.41, 5.74) is 3.16. The summed E-state index contributed by atoms with van der Waals surface area (Å²) in [5.74, 6) is -0.478. The van der Waals surface area contributed by atoms with Gasteiger partial charge in [-0.05, 0) is 54.4 Å². The van der Waals surface area contributed by atoms with Crippen LogP contribution in [0.25, 0.3) is 0 Å². The van der Waals surface area contributed by atoms with Crippen molar-refractivity contribution in [2.24, 2.45) is 7.05 Å². The monoisotopic (exact) mass is 414 g/mol. The lowest BCUT2D eigenvalue weighted by molar-refractivity contribution is 0.0982. The van der Waals surface area contributed by atoms with Gasteiger partial charge in [0.25, 0.3) is 11.8 Å². The van der Waals surface area contributed by atoms with E-state index in [9.17, 15) is 9.59 Å². The van der Waals surface area contributed by atoms with Crippen molar-refractivity contribution in [2.75, 3.05) is 16.8 Å². The van der Waals surface area contributed by atoms with Gasteiger partial charge in [-0.1, -0.05) is 23.2 Å². The molecule has 0 radical (unpaired) electrons. The number of anilines is 2. The van der Waals surface area contributed by atoms with E-state index in [4.69, 9.17) is 23.2 Å². The highest BCUT2D eigenvalue weighted by atomic mass is 35.5. The summed E-state index contributed by atoms with van der Waals surface area (Å²) in [6, 6.07) is 11.9. The normalized spacial score (nSPS) is 12.8. The quantitative estimate of drug-likeness (QED) is 0.698. The molecular weight excluding hydrogens is 399 g/mol. The van der Waals surface area contributed by atoms with Crippen LogP contribution >= 0.6 is 23.2 Å². The van der Waals surface area contributed by atoms with Crippen molar-refractivity contribution in [3.05, 3.63) is 75.5 Å². The van der Waals surface area contributed by atoms with Gasteiger partial charge in [-0.2, -0.15) is 5.10 Å². The first-order valence-corrected chi connectivity index (χ1v) is 9.39. The standard InChI is InChI=1S/C20H16Cl2N4O2/c1-25-8-7-17(24-25)20(28)26-9-6-12-10-14(3-5-18(12)26)23-19(27)15-11-13(21)2-4-16(15)22/h2-5,7-8,10-11H,6,9H2,1H3,(H,23,27). The van der Waals surface area contributed by atoms with E-state index in [0.717, 1.165) is 11.3 Å². The highest BCUT2D eigenvalue weighted by Gasteiger charge is 2.27. The van der Waals surface area contributed by atoms with Gasteiger partial charge >= 0.3 is 0 Å². The maximum atomic E-state index is 12.7. The van der Waals surface area contributed by atoms with E-state index in [2.05, 4.69) is 10.4 Å². The van der Waals surface area contributed by atoms with Crippen LogP contribution in [0.3, 0.4) is 0 Å². The molecule has 2 heterocycles. The van der Waals surface area contributed by atoms with Gasteiger partial charge in [-0.3, -0.25) is 14.3 Å². The van der Waals surface area contributed by atoms with Gasteiger partial charge in [0.1, 0.15) is 0 Å². The first-order valence-electron chi connectivity index (χ1n) is 8.63. The maximum Gasteiger partial charge on any atom is 0.278 e. The predicted molar refractivity (Wildman–Crippen MR) is 109 cm³/mol. The number of hydrogen-bond donors (Lipinski definition) is 1. The molecule has 1 aliphatic heterocycles. The number of fused-ring (bicyclic) bond motifs is 1. The van der Waals surface area contributed by atoms with Gasteiger partial charge in [0.15, 0.2) is 5.69 Å². The Morgan fingerprint density at radius 1 is 1.11 bits per heavy atom. The van der Waals surface area contributed by atoms with Crippen molar-refractivity contribution >= 4 is 46.4 Å². The molecule has 0 saturated heterocycles. The number of hydrogen-bond acceptors (Lipinski definition) is 3. The molecule has 4 rings (SSSR count). The number of benzene rings is 2. The highest BCUT2D eigenvalue weighted by Crippen LogP contribution is 2.32. The van der Waals surface area contributed by atoms with E-state index in [0.29, 0.717) is 40.0 Å². The van der Waals surface area contributed by atoms with Crippen LogP contribution < -0.4 is 10.2 Å². The van der Waals surface area contributed by atoms with Crippen LogP contribution in [-0.4, -0.2) is 28.1 Å². The molecule has 8 heteroatoms. The van der Waals surface area contributed by atoms with Gasteiger partial charge in [0.2, 0.25) is 0 Å². The minimum absolute atomic E-state index is 0.137. The van der Waals surface area contributed by atoms with Crippen LogP contribution in [0, 0.1) is 0 Å². The Labute approximate surface area is 171 Å². The maximum absolute atomic E-state index is 12.7. The molecule has 1 aromatic heterocycles. The van der Waals surface area contributed by atoms with Crippen LogP contribution in [0.5, 0.6) is 0 Å². The second kappa shape index (κ2) is 7.30. The number of aryl methyl sites for hydroxylation is 1. The average molecular weight is 415 g/mol. The van der Waals surface area contributed by atoms with E-state index in [1.165, 1.54) is 6.07 Å². The fourth-order valence-electron chi connectivity index (χ4n) is 3.23. The number of halogens is 2. The van der Waals surface area contributed by atoms with E-state index in [1.54, 1.807) is 47.1 Å². The summed E-state index contributed by atoms with van der Waals surface area (Å²) < 4.78 is 1.60. The SMILES string of the molecule is Cn1ccc(C(=O)N2CCc3cc(NC(=O)c4cc(Cl)ccc4Cl)ccc32)n1. The topological polar surface area (TPSA) is 67.2 Å². The molecule has 0 fully saturated rings. The number of nitrogens with one attached hydrogen (secondary N) is 1. The van der Waals surface area contributed by atoms with E-state index < -0.39 is 0 Å². The molecule has 142 valence electrons. The smallest absolute Gasteiger partial charge is 0.278 e. The Kier molecular flexibility index (Phi) is 4.83. The molecule has 0 saturated carbocycles. The Bertz CT molecular complexity index is 1090. The van der Waals surface area contributed by atoms with Crippen LogP contribution in [-0.2, 0) is 13.5 Å². The Balaban J connectivity index is 1.54. The Morgan fingerprint density at radius 2 is 1.93 bits per heavy atom. The van der Waals surface area contributed by atoms with Gasteiger partial charge in [0.05, 0.1) is 10.6 Å². The van der Waals surface area contributed by atoms with Crippen LogP contribution in [0.15, 0.2) is 48.7 Å². The first kappa shape index (κ1) is 18.5. The summed E-state index contributed by atoms with van der Waals surface area (Å²) in [6.45, 7) is 0.572. The minimum Gasteiger partial charge on any atom is -0.322 e. The van der Waals surface area contributed by atoms with Crippen molar-refractivity contribution < 1.29 is 9.59 Å². The lowest BCUT2D eigenvalue weighted by Crippen LogP contribution is -2.29. The molecule has 28 heavy (non-hydrogen) atoms. The summed E-state index contributed by atoms with van der Waals surface area (Å²) in [4.78, 5) is 26.9. The lowest BCUT2D eigenvalue weighted by atomic mass is 10.1. The lowest BCUT2D eigenvalue weighted by Gasteiger charge is -2.16. The number of rotatable bonds is 3. The summed E-state index contributed by atoms with van der Waals surface area (Å²) >= 11 is 12.0. The first-order chi connectivity index (χ1) is 13.4. The average Bonchev–Trinajstić information content (AvgIpc) is 3.29. The van der Waals surface area contributed by atoms with E-state index in [-0.39, 0.29) is 11.8 Å². The third kappa shape index (κ3) is 3.48. The molecular formula is C20H16Cl2N4O2. The second-order valence-corrected chi connectivity index (χ2v) is 7.35. The molecule has 0 unspecified atom stereocenters. The fourth-order valence-corrected chi connectivity index (χ4v) is 3.60. The van der Waals surface area contributed by atoms with Crippen LogP contribution in [0.2, 0.25) is 10.0 Å². The summed E-state index contributed by atoms with van der Waals surface area (Å²) in [5, 5.41) is 7.78. The predicted octanol–water partition coefficient (Wildman–Crippen LogP) is 4.18. The van der Waals surface area contributed by atoms with Crippen molar-refractivity contribution in [1.82, 2.24) is 9.78 Å². The molecule has 1 N–H and O–H groups in total.